The summed E-state index contributed by atoms with van der Waals surface area (Å²) in [6.45, 7) is 0.694. The molecule has 0 saturated carbocycles. The maximum atomic E-state index is 12.2. The highest BCUT2D eigenvalue weighted by Crippen LogP contribution is 2.23. The molecule has 1 aromatic heterocycles. The Labute approximate surface area is 98.6 Å². The maximum absolute atomic E-state index is 12.2. The first-order valence-corrected chi connectivity index (χ1v) is 5.71. The third-order valence-electron chi connectivity index (χ3n) is 3.45. The molecule has 0 saturated heterocycles. The summed E-state index contributed by atoms with van der Waals surface area (Å²) < 4.78 is 3.15. The maximum Gasteiger partial charge on any atom is 0.362 e. The van der Waals surface area contributed by atoms with Crippen molar-refractivity contribution in [3.63, 3.8) is 0 Å². The van der Waals surface area contributed by atoms with Gasteiger partial charge in [0.1, 0.15) is 12.6 Å². The number of para-hydroxylation sites is 1. The quantitative estimate of drug-likeness (QED) is 0.794. The van der Waals surface area contributed by atoms with Crippen molar-refractivity contribution in [1.82, 2.24) is 14.6 Å². The Morgan fingerprint density at radius 1 is 1.47 bits per heavy atom. The minimum absolute atomic E-state index is 0.102. The fourth-order valence-corrected chi connectivity index (χ4v) is 2.62. The van der Waals surface area contributed by atoms with Crippen LogP contribution in [0, 0.1) is 0 Å². The Kier molecular flexibility index (Phi) is 2.22. The van der Waals surface area contributed by atoms with Crippen LogP contribution in [0.1, 0.15) is 5.56 Å². The summed E-state index contributed by atoms with van der Waals surface area (Å²) in [5.41, 5.74) is 2.95. The van der Waals surface area contributed by atoms with Gasteiger partial charge in [-0.15, -0.1) is 4.73 Å². The van der Waals surface area contributed by atoms with Crippen molar-refractivity contribution < 1.29 is 4.84 Å². The van der Waals surface area contributed by atoms with Crippen LogP contribution in [-0.2, 0) is 13.0 Å². The van der Waals surface area contributed by atoms with Gasteiger partial charge in [0.25, 0.3) is 0 Å². The van der Waals surface area contributed by atoms with Crippen molar-refractivity contribution in [2.75, 3.05) is 14.2 Å². The normalized spacial score (nSPS) is 18.6. The van der Waals surface area contributed by atoms with Crippen molar-refractivity contribution in [2.24, 2.45) is 0 Å². The highest BCUT2D eigenvalue weighted by Gasteiger charge is 2.24. The molecule has 5 nitrogen and oxygen atoms in total. The molecule has 2 aromatic rings. The minimum Gasteiger partial charge on any atom is -0.412 e. The van der Waals surface area contributed by atoms with Gasteiger partial charge in [-0.05, 0) is 25.1 Å². The lowest BCUT2D eigenvalue weighted by molar-refractivity contribution is 0.165. The Bertz CT molecular complexity index is 626. The van der Waals surface area contributed by atoms with E-state index in [1.165, 1.54) is 17.4 Å². The van der Waals surface area contributed by atoms with E-state index in [1.54, 1.807) is 4.57 Å². The van der Waals surface area contributed by atoms with Gasteiger partial charge in [-0.3, -0.25) is 4.57 Å². The van der Waals surface area contributed by atoms with Gasteiger partial charge in [-0.25, -0.2) is 4.79 Å². The summed E-state index contributed by atoms with van der Waals surface area (Å²) in [5.74, 6) is 0. The molecule has 0 fully saturated rings. The van der Waals surface area contributed by atoms with Crippen LogP contribution in [0.5, 0.6) is 0 Å². The lowest BCUT2D eigenvalue weighted by Gasteiger charge is -2.22. The molecule has 2 heterocycles. The molecule has 1 atom stereocenters. The molecule has 1 N–H and O–H groups in total. The number of nitrogens with zero attached hydrogens (tertiary/aromatic N) is 2. The molecule has 0 aliphatic carbocycles. The van der Waals surface area contributed by atoms with E-state index in [-0.39, 0.29) is 5.69 Å². The van der Waals surface area contributed by atoms with E-state index >= 15 is 0 Å². The Morgan fingerprint density at radius 2 is 2.29 bits per heavy atom. The summed E-state index contributed by atoms with van der Waals surface area (Å²) in [4.78, 5) is 17.3. The fourth-order valence-electron chi connectivity index (χ4n) is 2.62. The third kappa shape index (κ3) is 1.32. The number of imidazole rings is 1. The predicted molar refractivity (Wildman–Crippen MR) is 65.3 cm³/mol. The zero-order valence-corrected chi connectivity index (χ0v) is 9.93. The summed E-state index contributed by atoms with van der Waals surface area (Å²) in [5, 5.41) is 3.23. The number of benzene rings is 1. The second-order valence-corrected chi connectivity index (χ2v) is 4.34. The van der Waals surface area contributed by atoms with Crippen LogP contribution < -0.4 is 15.8 Å². The lowest BCUT2D eigenvalue weighted by atomic mass is 10.0. The molecule has 1 unspecified atom stereocenters. The smallest absolute Gasteiger partial charge is 0.362 e. The molecule has 17 heavy (non-hydrogen) atoms. The minimum atomic E-state index is -0.102. The van der Waals surface area contributed by atoms with Crippen molar-refractivity contribution in [3.8, 4) is 0 Å². The molecule has 1 aromatic carbocycles. The average Bonchev–Trinajstić information content (AvgIpc) is 2.64. The van der Waals surface area contributed by atoms with Gasteiger partial charge in [-0.2, -0.15) is 0 Å². The van der Waals surface area contributed by atoms with Gasteiger partial charge in [-0.1, -0.05) is 12.1 Å². The molecule has 1 aliphatic heterocycles. The van der Waals surface area contributed by atoms with Gasteiger partial charge in [0, 0.05) is 12.6 Å². The van der Waals surface area contributed by atoms with Gasteiger partial charge in [0.2, 0.25) is 0 Å². The van der Waals surface area contributed by atoms with E-state index in [2.05, 4.69) is 11.4 Å². The van der Waals surface area contributed by atoms with Crippen molar-refractivity contribution in [2.45, 2.75) is 19.0 Å². The lowest BCUT2D eigenvalue weighted by Crippen LogP contribution is -2.39. The van der Waals surface area contributed by atoms with E-state index in [0.717, 1.165) is 17.5 Å². The predicted octanol–water partition coefficient (Wildman–Crippen LogP) is 0.00550. The van der Waals surface area contributed by atoms with Gasteiger partial charge >= 0.3 is 5.69 Å². The monoisotopic (exact) mass is 233 g/mol. The summed E-state index contributed by atoms with van der Waals surface area (Å²) in [6, 6.07) is 6.26. The van der Waals surface area contributed by atoms with Gasteiger partial charge < -0.3 is 10.2 Å². The van der Waals surface area contributed by atoms with Gasteiger partial charge in [0.15, 0.2) is 0 Å². The molecule has 0 radical (unpaired) electrons. The molecule has 3 rings (SSSR count). The Hall–Kier alpha value is -1.75. The van der Waals surface area contributed by atoms with E-state index in [1.807, 2.05) is 19.2 Å². The SMILES string of the molecule is CNC1Cc2cccc3c2n(c(=O)n3OC)C1. The Balaban J connectivity index is 2.36. The molecule has 0 bridgehead atoms. The van der Waals surface area contributed by atoms with Crippen molar-refractivity contribution in [1.29, 1.82) is 0 Å². The fraction of sp³-hybridized carbons (Fsp3) is 0.417. The van der Waals surface area contributed by atoms with E-state index in [9.17, 15) is 4.79 Å². The van der Waals surface area contributed by atoms with Crippen LogP contribution >= 0.6 is 0 Å². The largest absolute Gasteiger partial charge is 0.412 e. The van der Waals surface area contributed by atoms with Crippen LogP contribution in [0.3, 0.4) is 0 Å². The van der Waals surface area contributed by atoms with Crippen molar-refractivity contribution in [3.05, 3.63) is 34.2 Å². The zero-order chi connectivity index (χ0) is 12.0. The van der Waals surface area contributed by atoms with Gasteiger partial charge in [0.05, 0.1) is 5.52 Å². The van der Waals surface area contributed by atoms with E-state index < -0.39 is 0 Å². The third-order valence-corrected chi connectivity index (χ3v) is 3.45. The van der Waals surface area contributed by atoms with E-state index in [0.29, 0.717) is 12.6 Å². The molecule has 0 spiro atoms. The highest BCUT2D eigenvalue weighted by molar-refractivity contribution is 5.80. The topological polar surface area (TPSA) is 48.2 Å². The second-order valence-electron chi connectivity index (χ2n) is 4.34. The van der Waals surface area contributed by atoms with Crippen molar-refractivity contribution >= 4 is 11.0 Å². The molecular weight excluding hydrogens is 218 g/mol. The van der Waals surface area contributed by atoms with Crippen LogP contribution in [0.25, 0.3) is 11.0 Å². The first-order valence-electron chi connectivity index (χ1n) is 5.71. The van der Waals surface area contributed by atoms with Crippen LogP contribution in [-0.4, -0.2) is 29.5 Å². The molecular formula is C12H15N3O2. The molecule has 5 heteroatoms. The first kappa shape index (κ1) is 10.4. The molecule has 1 aliphatic rings. The number of likely N-dealkylation sites (N-methyl/N-ethyl adjacent to an activating group) is 1. The summed E-state index contributed by atoms with van der Waals surface area (Å²) in [7, 11) is 3.44. The number of aromatic nitrogens is 2. The summed E-state index contributed by atoms with van der Waals surface area (Å²) >= 11 is 0. The standard InChI is InChI=1S/C12H15N3O2/c1-13-9-6-8-4-3-5-10-11(8)14(7-9)12(16)15(10)17-2/h3-5,9,13H,6-7H2,1-2H3. The average molecular weight is 233 g/mol. The number of hydrogen-bond acceptors (Lipinski definition) is 3. The molecule has 90 valence electrons. The first-order chi connectivity index (χ1) is 8.26. The number of rotatable bonds is 2. The Morgan fingerprint density at radius 3 is 3.00 bits per heavy atom. The second kappa shape index (κ2) is 3.63. The van der Waals surface area contributed by atoms with Crippen LogP contribution in [0.2, 0.25) is 0 Å². The number of hydrogen-bond donors (Lipinski definition) is 1. The highest BCUT2D eigenvalue weighted by atomic mass is 16.7. The molecule has 0 amide bonds. The number of nitrogens with one attached hydrogen (secondary N) is 1. The van der Waals surface area contributed by atoms with Crippen LogP contribution in [0.4, 0.5) is 0 Å². The summed E-state index contributed by atoms with van der Waals surface area (Å²) in [6.07, 6.45) is 0.945. The zero-order valence-electron chi connectivity index (χ0n) is 9.93. The van der Waals surface area contributed by atoms with Crippen LogP contribution in [0.15, 0.2) is 23.0 Å². The van der Waals surface area contributed by atoms with E-state index in [4.69, 9.17) is 4.84 Å².